The zero-order valence-electron chi connectivity index (χ0n) is 9.23. The van der Waals surface area contributed by atoms with E-state index < -0.39 is 0 Å². The summed E-state index contributed by atoms with van der Waals surface area (Å²) in [6.07, 6.45) is 5.40. The SMILES string of the molecule is Clc1cccc(NC2CNC2)c1-n1ccnc1. The van der Waals surface area contributed by atoms with Crippen LogP contribution in [-0.2, 0) is 0 Å². The maximum Gasteiger partial charge on any atom is 0.0992 e. The highest BCUT2D eigenvalue weighted by molar-refractivity contribution is 6.33. The van der Waals surface area contributed by atoms with Gasteiger partial charge in [-0.2, -0.15) is 0 Å². The van der Waals surface area contributed by atoms with Crippen LogP contribution in [0.25, 0.3) is 5.69 Å². The lowest BCUT2D eigenvalue weighted by atomic mass is 10.1. The van der Waals surface area contributed by atoms with E-state index in [4.69, 9.17) is 11.6 Å². The molecule has 1 aromatic carbocycles. The molecule has 0 atom stereocenters. The third-order valence-electron chi connectivity index (χ3n) is 2.89. The van der Waals surface area contributed by atoms with Gasteiger partial charge in [-0.05, 0) is 12.1 Å². The van der Waals surface area contributed by atoms with E-state index in [1.807, 2.05) is 29.0 Å². The predicted octanol–water partition coefficient (Wildman–Crippen LogP) is 1.91. The molecule has 1 fully saturated rings. The van der Waals surface area contributed by atoms with Crippen molar-refractivity contribution in [2.45, 2.75) is 6.04 Å². The zero-order chi connectivity index (χ0) is 11.7. The van der Waals surface area contributed by atoms with Crippen LogP contribution < -0.4 is 10.6 Å². The Labute approximate surface area is 105 Å². The van der Waals surface area contributed by atoms with Crippen LogP contribution in [0.5, 0.6) is 0 Å². The van der Waals surface area contributed by atoms with Gasteiger partial charge in [0.25, 0.3) is 0 Å². The first-order valence-electron chi connectivity index (χ1n) is 5.59. The Bertz CT molecular complexity index is 505. The molecule has 17 heavy (non-hydrogen) atoms. The summed E-state index contributed by atoms with van der Waals surface area (Å²) in [5.74, 6) is 0. The van der Waals surface area contributed by atoms with E-state index in [2.05, 4.69) is 15.6 Å². The van der Waals surface area contributed by atoms with Gasteiger partial charge in [0.05, 0.1) is 28.8 Å². The number of benzene rings is 1. The average molecular weight is 249 g/mol. The monoisotopic (exact) mass is 248 g/mol. The molecule has 5 heteroatoms. The van der Waals surface area contributed by atoms with Crippen molar-refractivity contribution >= 4 is 17.3 Å². The van der Waals surface area contributed by atoms with Gasteiger partial charge in [-0.3, -0.25) is 0 Å². The maximum atomic E-state index is 6.26. The minimum absolute atomic E-state index is 0.482. The van der Waals surface area contributed by atoms with Crippen LogP contribution in [0.1, 0.15) is 0 Å². The van der Waals surface area contributed by atoms with Gasteiger partial charge in [-0.1, -0.05) is 17.7 Å². The van der Waals surface area contributed by atoms with E-state index in [0.29, 0.717) is 6.04 Å². The number of aromatic nitrogens is 2. The number of nitrogens with one attached hydrogen (secondary N) is 2. The van der Waals surface area contributed by atoms with Crippen molar-refractivity contribution in [1.82, 2.24) is 14.9 Å². The third-order valence-corrected chi connectivity index (χ3v) is 3.20. The Kier molecular flexibility index (Phi) is 2.74. The van der Waals surface area contributed by atoms with Gasteiger partial charge in [-0.25, -0.2) is 4.98 Å². The Hall–Kier alpha value is -1.52. The highest BCUT2D eigenvalue weighted by Gasteiger charge is 2.18. The van der Waals surface area contributed by atoms with Crippen molar-refractivity contribution in [3.05, 3.63) is 41.9 Å². The van der Waals surface area contributed by atoms with Crippen LogP contribution >= 0.6 is 11.6 Å². The smallest absolute Gasteiger partial charge is 0.0992 e. The molecule has 0 unspecified atom stereocenters. The number of hydrogen-bond donors (Lipinski definition) is 2. The normalized spacial score (nSPS) is 15.6. The number of nitrogens with zero attached hydrogens (tertiary/aromatic N) is 2. The average Bonchev–Trinajstić information content (AvgIpc) is 2.76. The van der Waals surface area contributed by atoms with Crippen LogP contribution in [0.3, 0.4) is 0 Å². The molecule has 0 aliphatic carbocycles. The fourth-order valence-corrected chi connectivity index (χ4v) is 2.17. The van der Waals surface area contributed by atoms with E-state index in [1.54, 1.807) is 12.5 Å². The van der Waals surface area contributed by atoms with Crippen LogP contribution in [0.2, 0.25) is 5.02 Å². The first-order chi connectivity index (χ1) is 8.34. The molecule has 0 bridgehead atoms. The van der Waals surface area contributed by atoms with Gasteiger partial charge in [0.2, 0.25) is 0 Å². The molecular formula is C12H13ClN4. The van der Waals surface area contributed by atoms with E-state index in [1.165, 1.54) is 0 Å². The molecule has 4 nitrogen and oxygen atoms in total. The fraction of sp³-hybridized carbons (Fsp3) is 0.250. The van der Waals surface area contributed by atoms with Crippen molar-refractivity contribution in [3.8, 4) is 5.69 Å². The molecule has 1 aliphatic heterocycles. The zero-order valence-corrected chi connectivity index (χ0v) is 9.98. The predicted molar refractivity (Wildman–Crippen MR) is 68.9 cm³/mol. The maximum absolute atomic E-state index is 6.26. The summed E-state index contributed by atoms with van der Waals surface area (Å²) in [7, 11) is 0. The molecule has 2 heterocycles. The summed E-state index contributed by atoms with van der Waals surface area (Å²) < 4.78 is 1.93. The highest BCUT2D eigenvalue weighted by atomic mass is 35.5. The summed E-state index contributed by atoms with van der Waals surface area (Å²) in [6, 6.07) is 6.37. The molecule has 1 aliphatic rings. The van der Waals surface area contributed by atoms with Gasteiger partial charge in [0.1, 0.15) is 0 Å². The van der Waals surface area contributed by atoms with Crippen LogP contribution in [-0.4, -0.2) is 28.7 Å². The minimum atomic E-state index is 0.482. The number of anilines is 1. The van der Waals surface area contributed by atoms with Crippen LogP contribution in [0.4, 0.5) is 5.69 Å². The number of para-hydroxylation sites is 1. The number of imidazole rings is 1. The van der Waals surface area contributed by atoms with Gasteiger partial charge in [-0.15, -0.1) is 0 Å². The van der Waals surface area contributed by atoms with Gasteiger partial charge < -0.3 is 15.2 Å². The second-order valence-corrected chi connectivity index (χ2v) is 4.51. The largest absolute Gasteiger partial charge is 0.378 e. The Morgan fingerprint density at radius 1 is 1.41 bits per heavy atom. The summed E-state index contributed by atoms with van der Waals surface area (Å²) in [5, 5.41) is 7.44. The Morgan fingerprint density at radius 3 is 2.94 bits per heavy atom. The van der Waals surface area contributed by atoms with Crippen molar-refractivity contribution < 1.29 is 0 Å². The molecule has 3 rings (SSSR count). The van der Waals surface area contributed by atoms with Crippen LogP contribution in [0, 0.1) is 0 Å². The van der Waals surface area contributed by atoms with E-state index in [9.17, 15) is 0 Å². The molecule has 88 valence electrons. The standard InChI is InChI=1S/C12H13ClN4/c13-10-2-1-3-11(16-9-6-15-7-9)12(10)17-5-4-14-8-17/h1-5,8-9,15-16H,6-7H2. The third kappa shape index (κ3) is 2.01. The lowest BCUT2D eigenvalue weighted by molar-refractivity contribution is 0.472. The van der Waals surface area contributed by atoms with Gasteiger partial charge >= 0.3 is 0 Å². The Morgan fingerprint density at radius 2 is 2.29 bits per heavy atom. The molecular weight excluding hydrogens is 236 g/mol. The molecule has 2 aromatic rings. The van der Waals surface area contributed by atoms with E-state index in [-0.39, 0.29) is 0 Å². The molecule has 0 amide bonds. The lowest BCUT2D eigenvalue weighted by Crippen LogP contribution is -2.51. The molecule has 0 radical (unpaired) electrons. The molecule has 0 saturated carbocycles. The van der Waals surface area contributed by atoms with Gasteiger partial charge in [0, 0.05) is 25.5 Å². The van der Waals surface area contributed by atoms with Crippen molar-refractivity contribution in [2.24, 2.45) is 0 Å². The first-order valence-corrected chi connectivity index (χ1v) is 5.96. The number of rotatable bonds is 3. The highest BCUT2D eigenvalue weighted by Crippen LogP contribution is 2.29. The number of halogens is 1. The molecule has 1 aromatic heterocycles. The fourth-order valence-electron chi connectivity index (χ4n) is 1.90. The topological polar surface area (TPSA) is 41.9 Å². The minimum Gasteiger partial charge on any atom is -0.378 e. The first kappa shape index (κ1) is 10.6. The summed E-state index contributed by atoms with van der Waals surface area (Å²) in [6.45, 7) is 1.99. The van der Waals surface area contributed by atoms with Crippen LogP contribution in [0.15, 0.2) is 36.9 Å². The summed E-state index contributed by atoms with van der Waals surface area (Å²) in [4.78, 5) is 4.06. The van der Waals surface area contributed by atoms with E-state index >= 15 is 0 Å². The van der Waals surface area contributed by atoms with Gasteiger partial charge in [0.15, 0.2) is 0 Å². The summed E-state index contributed by atoms with van der Waals surface area (Å²) >= 11 is 6.26. The summed E-state index contributed by atoms with van der Waals surface area (Å²) in [5.41, 5.74) is 2.00. The number of hydrogen-bond acceptors (Lipinski definition) is 3. The van der Waals surface area contributed by atoms with E-state index in [0.717, 1.165) is 29.5 Å². The quantitative estimate of drug-likeness (QED) is 0.872. The molecule has 0 spiro atoms. The second-order valence-electron chi connectivity index (χ2n) is 4.11. The van der Waals surface area contributed by atoms with Crippen molar-refractivity contribution in [1.29, 1.82) is 0 Å². The second kappa shape index (κ2) is 4.39. The van der Waals surface area contributed by atoms with Crippen molar-refractivity contribution in [2.75, 3.05) is 18.4 Å². The Balaban J connectivity index is 1.99. The van der Waals surface area contributed by atoms with Crippen molar-refractivity contribution in [3.63, 3.8) is 0 Å². The lowest BCUT2D eigenvalue weighted by Gasteiger charge is -2.30. The molecule has 2 N–H and O–H groups in total. The molecule has 1 saturated heterocycles.